The van der Waals surface area contributed by atoms with Crippen molar-refractivity contribution in [1.29, 1.82) is 0 Å². The van der Waals surface area contributed by atoms with Gasteiger partial charge in [-0.3, -0.25) is 9.59 Å². The smallest absolute Gasteiger partial charge is 0.337 e. The van der Waals surface area contributed by atoms with Crippen LogP contribution in [0.3, 0.4) is 0 Å². The fraction of sp³-hybridized carbons (Fsp3) is 0.278. The van der Waals surface area contributed by atoms with Gasteiger partial charge in [0.15, 0.2) is 5.78 Å². The van der Waals surface area contributed by atoms with Gasteiger partial charge < -0.3 is 5.32 Å². The molecule has 0 atom stereocenters. The van der Waals surface area contributed by atoms with Crippen molar-refractivity contribution in [2.75, 3.05) is 0 Å². The van der Waals surface area contributed by atoms with Gasteiger partial charge in [0.1, 0.15) is 0 Å². The molecule has 0 bridgehead atoms. The highest BCUT2D eigenvalue weighted by molar-refractivity contribution is 7.14. The summed E-state index contributed by atoms with van der Waals surface area (Å²) in [5, 5.41) is 2.63. The molecule has 0 fully saturated rings. The van der Waals surface area contributed by atoms with Gasteiger partial charge in [-0.05, 0) is 12.1 Å². The highest BCUT2D eigenvalue weighted by atomic mass is 32.1. The summed E-state index contributed by atoms with van der Waals surface area (Å²) in [7, 11) is 0. The van der Waals surface area contributed by atoms with E-state index in [-0.39, 0.29) is 25.5 Å². The van der Waals surface area contributed by atoms with E-state index >= 15 is 0 Å². The number of nitrogens with one attached hydrogen (secondary N) is 1. The third-order valence-electron chi connectivity index (χ3n) is 3.76. The number of thiophene rings is 1. The Morgan fingerprint density at radius 2 is 1.54 bits per heavy atom. The molecular weight excluding hydrogens is 384 g/mol. The number of Topliss-reactive ketones (excluding diaryl/α,β-unsaturated/α-hetero) is 1. The fourth-order valence-electron chi connectivity index (χ4n) is 2.44. The topological polar surface area (TPSA) is 112 Å². The van der Waals surface area contributed by atoms with E-state index < -0.39 is 29.4 Å². The van der Waals surface area contributed by atoms with Crippen molar-refractivity contribution in [3.8, 4) is 0 Å². The van der Waals surface area contributed by atoms with E-state index in [1.165, 1.54) is 19.1 Å². The molecule has 148 valence electrons. The first kappa shape index (κ1) is 21.0. The van der Waals surface area contributed by atoms with Crippen LogP contribution < -0.4 is 22.4 Å². The lowest BCUT2D eigenvalue weighted by atomic mass is 10.3. The van der Waals surface area contributed by atoms with Gasteiger partial charge in [0.2, 0.25) is 5.91 Å². The number of hydrogen-bond donors (Lipinski definition) is 1. The lowest BCUT2D eigenvalue weighted by Crippen LogP contribution is -2.54. The maximum atomic E-state index is 12.6. The van der Waals surface area contributed by atoms with E-state index in [1.807, 2.05) is 0 Å². The molecule has 2 aromatic heterocycles. The van der Waals surface area contributed by atoms with Gasteiger partial charge >= 0.3 is 17.1 Å². The third-order valence-corrected chi connectivity index (χ3v) is 4.88. The number of nitrogens with zero attached hydrogens (tertiary/aromatic N) is 3. The molecular formula is C18H20N4O5S. The summed E-state index contributed by atoms with van der Waals surface area (Å²) in [4.78, 5) is 62.1. The normalized spacial score (nSPS) is 10.5. The molecule has 0 spiro atoms. The van der Waals surface area contributed by atoms with Crippen molar-refractivity contribution in [3.63, 3.8) is 0 Å². The molecule has 0 aliphatic rings. The minimum Gasteiger partial charge on any atom is -0.351 e. The van der Waals surface area contributed by atoms with E-state index in [0.29, 0.717) is 4.88 Å². The Labute approximate surface area is 163 Å². The quantitative estimate of drug-likeness (QED) is 0.471. The molecule has 0 unspecified atom stereocenters. The molecule has 10 heteroatoms. The first-order chi connectivity index (χ1) is 13.3. The summed E-state index contributed by atoms with van der Waals surface area (Å²) >= 11 is 1.16. The molecule has 0 aromatic carbocycles. The first-order valence-electron chi connectivity index (χ1n) is 8.32. The zero-order valence-electron chi connectivity index (χ0n) is 15.3. The van der Waals surface area contributed by atoms with Crippen molar-refractivity contribution >= 4 is 23.0 Å². The van der Waals surface area contributed by atoms with Gasteiger partial charge in [0, 0.05) is 11.8 Å². The number of carbonyl (C=O) groups excluding carboxylic acids is 2. The van der Waals surface area contributed by atoms with Crippen molar-refractivity contribution in [1.82, 2.24) is 19.0 Å². The van der Waals surface area contributed by atoms with Crippen LogP contribution in [0.5, 0.6) is 0 Å². The maximum Gasteiger partial charge on any atom is 0.337 e. The molecule has 0 radical (unpaired) electrons. The van der Waals surface area contributed by atoms with Crippen LogP contribution in [0.15, 0.2) is 51.8 Å². The zero-order valence-corrected chi connectivity index (χ0v) is 16.2. The molecule has 28 heavy (non-hydrogen) atoms. The van der Waals surface area contributed by atoms with Crippen LogP contribution in [-0.2, 0) is 31.0 Å². The Bertz CT molecular complexity index is 1050. The van der Waals surface area contributed by atoms with Gasteiger partial charge in [0.05, 0.1) is 31.1 Å². The molecule has 2 aromatic rings. The predicted molar refractivity (Wildman–Crippen MR) is 106 cm³/mol. The molecule has 0 aliphatic heterocycles. The van der Waals surface area contributed by atoms with Crippen LogP contribution in [0.4, 0.5) is 0 Å². The van der Waals surface area contributed by atoms with Crippen molar-refractivity contribution in [3.05, 3.63) is 78.6 Å². The number of carbonyl (C=O) groups is 2. The first-order valence-corrected chi connectivity index (χ1v) is 9.14. The van der Waals surface area contributed by atoms with E-state index in [1.54, 1.807) is 12.1 Å². The van der Waals surface area contributed by atoms with E-state index in [9.17, 15) is 24.0 Å². The Hall–Kier alpha value is -3.27. The zero-order chi connectivity index (χ0) is 20.8. The summed E-state index contributed by atoms with van der Waals surface area (Å²) in [6.45, 7) is 7.97. The number of allylic oxidation sites excluding steroid dienone is 2. The van der Waals surface area contributed by atoms with E-state index in [4.69, 9.17) is 0 Å². The highest BCUT2D eigenvalue weighted by Crippen LogP contribution is 2.17. The molecule has 0 saturated carbocycles. The summed E-state index contributed by atoms with van der Waals surface area (Å²) in [5.74, 6) is -0.646. The minimum absolute atomic E-state index is 0.0941. The van der Waals surface area contributed by atoms with Crippen molar-refractivity contribution in [2.45, 2.75) is 33.1 Å². The number of amides is 1. The second-order valence-electron chi connectivity index (χ2n) is 5.83. The summed E-state index contributed by atoms with van der Waals surface area (Å²) in [6.07, 6.45) is 2.70. The number of rotatable bonds is 9. The third kappa shape index (κ3) is 4.52. The molecule has 1 amide bonds. The lowest BCUT2D eigenvalue weighted by molar-refractivity contribution is -0.119. The lowest BCUT2D eigenvalue weighted by Gasteiger charge is -2.11. The fourth-order valence-corrected chi connectivity index (χ4v) is 3.32. The number of hydrogen-bond acceptors (Lipinski definition) is 6. The Balaban J connectivity index is 2.41. The van der Waals surface area contributed by atoms with Crippen molar-refractivity contribution in [2.24, 2.45) is 0 Å². The SMILES string of the molecule is C=CCn1c(=O)n(CC=C)c(=O)n(CC(=O)c2ccc(CNC(C)=O)s2)c1=O. The van der Waals surface area contributed by atoms with Gasteiger partial charge in [-0.2, -0.15) is 0 Å². The van der Waals surface area contributed by atoms with Crippen LogP contribution in [0.2, 0.25) is 0 Å². The largest absolute Gasteiger partial charge is 0.351 e. The Morgan fingerprint density at radius 1 is 1.00 bits per heavy atom. The summed E-state index contributed by atoms with van der Waals surface area (Å²) < 4.78 is 2.40. The summed E-state index contributed by atoms with van der Waals surface area (Å²) in [5.41, 5.74) is -2.54. The second kappa shape index (κ2) is 9.09. The number of ketones is 1. The molecule has 1 N–H and O–H groups in total. The van der Waals surface area contributed by atoms with Crippen LogP contribution >= 0.6 is 11.3 Å². The highest BCUT2D eigenvalue weighted by Gasteiger charge is 2.18. The monoisotopic (exact) mass is 404 g/mol. The standard InChI is InChI=1S/C18H20N4O5S/c1-4-8-20-16(25)21(9-5-2)18(27)22(17(20)26)11-14(24)15-7-6-13(28-15)10-19-12(3)23/h4-7H,1-2,8-11H2,3H3,(H,19,23). The van der Waals surface area contributed by atoms with Crippen LogP contribution in [0, 0.1) is 0 Å². The molecule has 9 nitrogen and oxygen atoms in total. The van der Waals surface area contributed by atoms with Gasteiger partial charge in [-0.1, -0.05) is 12.2 Å². The minimum atomic E-state index is -0.876. The Morgan fingerprint density at radius 3 is 2.04 bits per heavy atom. The van der Waals surface area contributed by atoms with Crippen LogP contribution in [0.1, 0.15) is 21.5 Å². The molecule has 0 aliphatic carbocycles. The average molecular weight is 404 g/mol. The van der Waals surface area contributed by atoms with Crippen molar-refractivity contribution < 1.29 is 9.59 Å². The van der Waals surface area contributed by atoms with E-state index in [2.05, 4.69) is 18.5 Å². The van der Waals surface area contributed by atoms with E-state index in [0.717, 1.165) is 29.9 Å². The molecule has 2 rings (SSSR count). The van der Waals surface area contributed by atoms with Gasteiger partial charge in [0.25, 0.3) is 0 Å². The maximum absolute atomic E-state index is 12.6. The Kier molecular flexibility index (Phi) is 6.83. The van der Waals surface area contributed by atoms with Gasteiger partial charge in [-0.15, -0.1) is 24.5 Å². The molecule has 0 saturated heterocycles. The number of aromatic nitrogens is 3. The van der Waals surface area contributed by atoms with Gasteiger partial charge in [-0.25, -0.2) is 28.1 Å². The average Bonchev–Trinajstić information content (AvgIpc) is 3.13. The second-order valence-corrected chi connectivity index (χ2v) is 7.00. The van der Waals surface area contributed by atoms with Crippen LogP contribution in [-0.4, -0.2) is 25.4 Å². The van der Waals surface area contributed by atoms with Crippen LogP contribution in [0.25, 0.3) is 0 Å². The summed E-state index contributed by atoms with van der Waals surface area (Å²) in [6, 6.07) is 3.25. The molecule has 2 heterocycles. The predicted octanol–water partition coefficient (Wildman–Crippen LogP) is 0.124.